The van der Waals surface area contributed by atoms with Crippen LogP contribution in [-0.4, -0.2) is 54.8 Å². The molecule has 0 aliphatic carbocycles. The molecule has 0 saturated heterocycles. The van der Waals surface area contributed by atoms with E-state index in [1.54, 1.807) is 70.5 Å². The molecule has 11 heteroatoms. The number of thiol groups is 1. The molecule has 0 heterocycles. The number of rotatable bonds is 14. The van der Waals surface area contributed by atoms with Crippen LogP contribution in [0, 0.1) is 5.82 Å². The van der Waals surface area contributed by atoms with Gasteiger partial charge < -0.3 is 9.80 Å². The van der Waals surface area contributed by atoms with Crippen LogP contribution in [0.3, 0.4) is 0 Å². The molecule has 1 N–H and O–H groups in total. The molecule has 0 bridgehead atoms. The van der Waals surface area contributed by atoms with Crippen molar-refractivity contribution in [3.05, 3.63) is 89.7 Å². The predicted molar refractivity (Wildman–Crippen MR) is 163 cm³/mol. The Hall–Kier alpha value is -3.70. The van der Waals surface area contributed by atoms with Crippen LogP contribution in [0.25, 0.3) is 11.1 Å². The van der Waals surface area contributed by atoms with Crippen LogP contribution in [0.1, 0.15) is 44.2 Å². The van der Waals surface area contributed by atoms with Gasteiger partial charge in [-0.15, -0.1) is 0 Å². The van der Waals surface area contributed by atoms with E-state index in [0.29, 0.717) is 41.8 Å². The highest BCUT2D eigenvalue weighted by Crippen LogP contribution is 2.28. The van der Waals surface area contributed by atoms with Crippen molar-refractivity contribution < 1.29 is 27.2 Å². The molecule has 3 aromatic rings. The third kappa shape index (κ3) is 9.15. The summed E-state index contributed by atoms with van der Waals surface area (Å²) >= 11 is 4.25. The van der Waals surface area contributed by atoms with E-state index in [1.807, 2.05) is 11.6 Å². The number of hydrogen-bond acceptors (Lipinski definition) is 6. The third-order valence-corrected chi connectivity index (χ3v) is 8.24. The van der Waals surface area contributed by atoms with Crippen molar-refractivity contribution in [1.82, 2.24) is 14.5 Å². The van der Waals surface area contributed by atoms with Gasteiger partial charge in [-0.05, 0) is 29.7 Å². The molecular formula is C31H36FN3O5S2. The Kier molecular flexibility index (Phi) is 12.1. The minimum atomic E-state index is -4.05. The normalized spacial score (nSPS) is 11.1. The van der Waals surface area contributed by atoms with Crippen LogP contribution in [0.5, 0.6) is 0 Å². The number of benzene rings is 3. The van der Waals surface area contributed by atoms with E-state index in [1.165, 1.54) is 12.1 Å². The van der Waals surface area contributed by atoms with E-state index >= 15 is 0 Å². The zero-order chi connectivity index (χ0) is 30.7. The van der Waals surface area contributed by atoms with E-state index in [9.17, 15) is 27.2 Å². The van der Waals surface area contributed by atoms with Gasteiger partial charge in [0.1, 0.15) is 5.82 Å². The number of amides is 3. The molecule has 0 aromatic heterocycles. The summed E-state index contributed by atoms with van der Waals surface area (Å²) < 4.78 is 41.6. The van der Waals surface area contributed by atoms with Crippen molar-refractivity contribution in [2.75, 3.05) is 18.8 Å². The van der Waals surface area contributed by atoms with Gasteiger partial charge in [0.05, 0.1) is 4.90 Å². The van der Waals surface area contributed by atoms with Crippen LogP contribution in [0.4, 0.5) is 4.39 Å². The van der Waals surface area contributed by atoms with E-state index in [0.717, 1.165) is 12.5 Å². The van der Waals surface area contributed by atoms with Gasteiger partial charge in [-0.25, -0.2) is 17.5 Å². The fourth-order valence-corrected chi connectivity index (χ4v) is 5.95. The molecular weight excluding hydrogens is 577 g/mol. The maximum atomic E-state index is 14.2. The first-order valence-corrected chi connectivity index (χ1v) is 15.8. The molecule has 0 aliphatic rings. The summed E-state index contributed by atoms with van der Waals surface area (Å²) in [5.74, 6) is -0.936. The van der Waals surface area contributed by atoms with Gasteiger partial charge in [0.2, 0.25) is 17.7 Å². The molecule has 0 spiro atoms. The van der Waals surface area contributed by atoms with Crippen LogP contribution in [0.2, 0.25) is 0 Å². The van der Waals surface area contributed by atoms with Gasteiger partial charge in [-0.1, -0.05) is 67.6 Å². The average Bonchev–Trinajstić information content (AvgIpc) is 2.95. The highest BCUT2D eigenvalue weighted by atomic mass is 32.2. The van der Waals surface area contributed by atoms with Gasteiger partial charge in [0.15, 0.2) is 0 Å². The van der Waals surface area contributed by atoms with Gasteiger partial charge in [0, 0.05) is 62.8 Å². The first-order valence-electron chi connectivity index (χ1n) is 13.7. The lowest BCUT2D eigenvalue weighted by Crippen LogP contribution is -2.37. The molecule has 0 unspecified atom stereocenters. The fraction of sp³-hybridized carbons (Fsp3) is 0.323. The molecule has 42 heavy (non-hydrogen) atoms. The number of nitrogens with zero attached hydrogens (tertiary/aromatic N) is 2. The maximum absolute atomic E-state index is 14.2. The quantitative estimate of drug-likeness (QED) is 0.255. The Labute approximate surface area is 252 Å². The molecule has 0 fully saturated rings. The standard InChI is InChI=1S/C31H36FN3O5S2/c1-3-8-30(37)34(18-17-31(38)35(19-20-41)22-26-9-4-6-11-28(26)32)21-24-13-15-25(16-14-24)27-10-5-7-12-29(27)42(39,40)33-23(2)36/h4-7,9-16,41H,3,8,17-22H2,1-2H3,(H,33,36). The molecule has 3 aromatic carbocycles. The number of carbonyl (C=O) groups excluding carboxylic acids is 3. The van der Waals surface area contributed by atoms with Gasteiger partial charge in [-0.3, -0.25) is 14.4 Å². The zero-order valence-corrected chi connectivity index (χ0v) is 25.5. The Balaban J connectivity index is 1.75. The lowest BCUT2D eigenvalue weighted by atomic mass is 10.0. The smallest absolute Gasteiger partial charge is 0.264 e. The van der Waals surface area contributed by atoms with Crippen LogP contribution >= 0.6 is 12.6 Å². The lowest BCUT2D eigenvalue weighted by Gasteiger charge is -2.26. The SMILES string of the molecule is CCCC(=O)N(CCC(=O)N(CCS)Cc1ccccc1F)Cc1ccc(-c2ccccc2S(=O)(=O)NC(C)=O)cc1. The molecule has 0 aliphatic heterocycles. The number of hydrogen-bond donors (Lipinski definition) is 2. The summed E-state index contributed by atoms with van der Waals surface area (Å²) in [5, 5.41) is 0. The molecule has 3 amide bonds. The minimum Gasteiger partial charge on any atom is -0.338 e. The monoisotopic (exact) mass is 613 g/mol. The summed E-state index contributed by atoms with van der Waals surface area (Å²) in [6.07, 6.45) is 1.06. The summed E-state index contributed by atoms with van der Waals surface area (Å²) in [6.45, 7) is 3.96. The van der Waals surface area contributed by atoms with E-state index in [2.05, 4.69) is 12.6 Å². The van der Waals surface area contributed by atoms with Crippen LogP contribution in [-0.2, 0) is 37.5 Å². The number of halogens is 1. The Morgan fingerprint density at radius 3 is 2.10 bits per heavy atom. The first kappa shape index (κ1) is 32.8. The van der Waals surface area contributed by atoms with E-state index in [-0.39, 0.29) is 48.6 Å². The largest absolute Gasteiger partial charge is 0.338 e. The molecule has 0 saturated carbocycles. The third-order valence-electron chi connectivity index (χ3n) is 6.55. The van der Waals surface area contributed by atoms with E-state index < -0.39 is 15.9 Å². The second kappa shape index (κ2) is 15.5. The van der Waals surface area contributed by atoms with Crippen molar-refractivity contribution in [3.63, 3.8) is 0 Å². The lowest BCUT2D eigenvalue weighted by molar-refractivity contribution is -0.135. The van der Waals surface area contributed by atoms with Gasteiger partial charge >= 0.3 is 0 Å². The van der Waals surface area contributed by atoms with Crippen molar-refractivity contribution in [2.24, 2.45) is 0 Å². The highest BCUT2D eigenvalue weighted by Gasteiger charge is 2.21. The number of nitrogens with one attached hydrogen (secondary N) is 1. The number of carbonyl (C=O) groups is 3. The maximum Gasteiger partial charge on any atom is 0.264 e. The van der Waals surface area contributed by atoms with Crippen molar-refractivity contribution in [2.45, 2.75) is 51.1 Å². The Bertz CT molecular complexity index is 1500. The zero-order valence-electron chi connectivity index (χ0n) is 23.8. The Morgan fingerprint density at radius 1 is 0.833 bits per heavy atom. The summed E-state index contributed by atoms with van der Waals surface area (Å²) in [6, 6.07) is 19.8. The minimum absolute atomic E-state index is 0.0210. The molecule has 224 valence electrons. The summed E-state index contributed by atoms with van der Waals surface area (Å²) in [5.41, 5.74) is 2.27. The highest BCUT2D eigenvalue weighted by molar-refractivity contribution is 7.90. The topological polar surface area (TPSA) is 104 Å². The summed E-state index contributed by atoms with van der Waals surface area (Å²) in [7, 11) is -4.05. The first-order chi connectivity index (χ1) is 20.1. The fourth-order valence-electron chi connectivity index (χ4n) is 4.49. The molecule has 0 atom stereocenters. The second-order valence-corrected chi connectivity index (χ2v) is 11.9. The van der Waals surface area contributed by atoms with Gasteiger partial charge in [-0.2, -0.15) is 12.6 Å². The van der Waals surface area contributed by atoms with Gasteiger partial charge in [0.25, 0.3) is 10.0 Å². The summed E-state index contributed by atoms with van der Waals surface area (Å²) in [4.78, 5) is 40.7. The molecule has 3 rings (SSSR count). The van der Waals surface area contributed by atoms with Crippen LogP contribution < -0.4 is 4.72 Å². The number of sulfonamides is 1. The predicted octanol–water partition coefficient (Wildman–Crippen LogP) is 4.79. The average molecular weight is 614 g/mol. The van der Waals surface area contributed by atoms with Crippen LogP contribution in [0.15, 0.2) is 77.7 Å². The van der Waals surface area contributed by atoms with E-state index in [4.69, 9.17) is 0 Å². The molecule has 0 radical (unpaired) electrons. The molecule has 8 nitrogen and oxygen atoms in total. The van der Waals surface area contributed by atoms with Crippen molar-refractivity contribution >= 4 is 40.4 Å². The second-order valence-electron chi connectivity index (χ2n) is 9.80. The van der Waals surface area contributed by atoms with Crippen molar-refractivity contribution in [3.8, 4) is 11.1 Å². The van der Waals surface area contributed by atoms with Crippen molar-refractivity contribution in [1.29, 1.82) is 0 Å². The Morgan fingerprint density at radius 2 is 1.45 bits per heavy atom.